The van der Waals surface area contributed by atoms with Gasteiger partial charge in [0.1, 0.15) is 5.76 Å². The quantitative estimate of drug-likeness (QED) is 0.826. The number of hydrogen-bond acceptors (Lipinski definition) is 3. The van der Waals surface area contributed by atoms with Gasteiger partial charge in [-0.2, -0.15) is 0 Å². The maximum atomic E-state index is 12.1. The fraction of sp³-hybridized carbons (Fsp3) is 0.214. The van der Waals surface area contributed by atoms with Gasteiger partial charge in [0.2, 0.25) is 0 Å². The molecule has 2 rings (SSSR count). The molecule has 20 heavy (non-hydrogen) atoms. The molecule has 6 heteroatoms. The Morgan fingerprint density at radius 1 is 1.40 bits per heavy atom. The van der Waals surface area contributed by atoms with Crippen molar-refractivity contribution in [3.05, 3.63) is 46.8 Å². The van der Waals surface area contributed by atoms with Crippen molar-refractivity contribution >= 4 is 39.4 Å². The molecule has 1 N–H and O–H groups in total. The smallest absolute Gasteiger partial charge is 0.321 e. The Morgan fingerprint density at radius 2 is 2.20 bits per heavy atom. The van der Waals surface area contributed by atoms with E-state index in [1.54, 1.807) is 23.7 Å². The predicted molar refractivity (Wildman–Crippen MR) is 85.1 cm³/mol. The molecule has 2 amide bonds. The summed E-state index contributed by atoms with van der Waals surface area (Å²) in [6, 6.07) is 11.2. The third-order valence-corrected chi connectivity index (χ3v) is 3.84. The average molecular weight is 355 g/mol. The second-order valence-corrected chi connectivity index (χ2v) is 5.89. The van der Waals surface area contributed by atoms with Gasteiger partial charge >= 0.3 is 6.03 Å². The van der Waals surface area contributed by atoms with Gasteiger partial charge in [0.25, 0.3) is 0 Å². The number of nitrogens with zero attached hydrogens (tertiary/aromatic N) is 1. The molecule has 4 nitrogen and oxygen atoms in total. The van der Waals surface area contributed by atoms with E-state index in [-0.39, 0.29) is 6.03 Å². The monoisotopic (exact) mass is 354 g/mol. The van der Waals surface area contributed by atoms with Crippen LogP contribution in [0.2, 0.25) is 0 Å². The van der Waals surface area contributed by atoms with Crippen molar-refractivity contribution in [1.82, 2.24) is 4.90 Å². The molecule has 0 spiro atoms. The van der Waals surface area contributed by atoms with E-state index in [9.17, 15) is 4.79 Å². The Hall–Kier alpha value is -1.40. The van der Waals surface area contributed by atoms with Gasteiger partial charge in [-0.15, -0.1) is 11.8 Å². The molecular weight excluding hydrogens is 340 g/mol. The zero-order valence-corrected chi connectivity index (χ0v) is 13.6. The molecule has 0 aliphatic rings. The Balaban J connectivity index is 1.96. The number of carbonyl (C=O) groups is 1. The molecule has 1 aromatic heterocycles. The van der Waals surface area contributed by atoms with Crippen molar-refractivity contribution in [2.75, 3.05) is 18.6 Å². The summed E-state index contributed by atoms with van der Waals surface area (Å²) in [5.41, 5.74) is 0.786. The van der Waals surface area contributed by atoms with Crippen LogP contribution in [-0.4, -0.2) is 24.2 Å². The van der Waals surface area contributed by atoms with Gasteiger partial charge in [-0.05, 0) is 52.5 Å². The molecular formula is C14H15BrN2O2S. The van der Waals surface area contributed by atoms with E-state index in [0.29, 0.717) is 11.2 Å². The lowest BCUT2D eigenvalue weighted by Gasteiger charge is -2.16. The average Bonchev–Trinajstić information content (AvgIpc) is 2.84. The van der Waals surface area contributed by atoms with Crippen LogP contribution in [-0.2, 0) is 6.54 Å². The number of furan rings is 1. The number of urea groups is 1. The van der Waals surface area contributed by atoms with E-state index in [4.69, 9.17) is 4.42 Å². The van der Waals surface area contributed by atoms with Crippen LogP contribution in [0.5, 0.6) is 0 Å². The van der Waals surface area contributed by atoms with Gasteiger partial charge in [-0.3, -0.25) is 0 Å². The number of halogens is 1. The summed E-state index contributed by atoms with van der Waals surface area (Å²) in [7, 11) is 1.73. The van der Waals surface area contributed by atoms with Gasteiger partial charge in [0.05, 0.1) is 6.54 Å². The summed E-state index contributed by atoms with van der Waals surface area (Å²) in [6.07, 6.45) is 2.00. The minimum atomic E-state index is -0.171. The summed E-state index contributed by atoms with van der Waals surface area (Å²) in [5.74, 6) is 0.729. The second-order valence-electron chi connectivity index (χ2n) is 4.22. The van der Waals surface area contributed by atoms with Crippen molar-refractivity contribution < 1.29 is 9.21 Å². The van der Waals surface area contributed by atoms with Gasteiger partial charge < -0.3 is 14.6 Å². The lowest BCUT2D eigenvalue weighted by atomic mass is 10.3. The minimum Gasteiger partial charge on any atom is -0.452 e. The van der Waals surface area contributed by atoms with Gasteiger partial charge in [0.15, 0.2) is 4.67 Å². The van der Waals surface area contributed by atoms with E-state index >= 15 is 0 Å². The van der Waals surface area contributed by atoms with E-state index in [2.05, 4.69) is 21.2 Å². The van der Waals surface area contributed by atoms with Crippen molar-refractivity contribution in [2.45, 2.75) is 11.4 Å². The van der Waals surface area contributed by atoms with E-state index in [1.807, 2.05) is 42.7 Å². The Labute approximate surface area is 130 Å². The highest BCUT2D eigenvalue weighted by Gasteiger charge is 2.11. The largest absolute Gasteiger partial charge is 0.452 e. The van der Waals surface area contributed by atoms with Gasteiger partial charge in [-0.25, -0.2) is 4.79 Å². The fourth-order valence-corrected chi connectivity index (χ4v) is 2.46. The van der Waals surface area contributed by atoms with Crippen molar-refractivity contribution in [1.29, 1.82) is 0 Å². The van der Waals surface area contributed by atoms with Crippen molar-refractivity contribution in [2.24, 2.45) is 0 Å². The fourth-order valence-electron chi connectivity index (χ4n) is 1.66. The van der Waals surface area contributed by atoms with Gasteiger partial charge in [-0.1, -0.05) is 6.07 Å². The molecule has 0 unspecified atom stereocenters. The Morgan fingerprint density at radius 3 is 2.85 bits per heavy atom. The lowest BCUT2D eigenvalue weighted by molar-refractivity contribution is 0.216. The van der Waals surface area contributed by atoms with Crippen molar-refractivity contribution in [3.63, 3.8) is 0 Å². The van der Waals surface area contributed by atoms with Crippen LogP contribution in [0.4, 0.5) is 10.5 Å². The molecule has 0 aliphatic carbocycles. The van der Waals surface area contributed by atoms with Crippen LogP contribution in [0.25, 0.3) is 0 Å². The predicted octanol–water partition coefficient (Wildman–Crippen LogP) is 4.43. The SMILES string of the molecule is CSc1cccc(NC(=O)N(C)Cc2ccc(Br)o2)c1. The standard InChI is InChI=1S/C14H15BrN2O2S/c1-17(9-11-6-7-13(15)19-11)14(18)16-10-4-3-5-12(8-10)20-2/h3-8H,9H2,1-2H3,(H,16,18). The zero-order valence-electron chi connectivity index (χ0n) is 11.2. The number of carbonyl (C=O) groups excluding carboxylic acids is 1. The maximum Gasteiger partial charge on any atom is 0.321 e. The molecule has 0 saturated carbocycles. The first kappa shape index (κ1) is 15.0. The molecule has 0 radical (unpaired) electrons. The molecule has 0 aliphatic heterocycles. The number of anilines is 1. The Kier molecular flexibility index (Phi) is 5.14. The molecule has 0 atom stereocenters. The summed E-state index contributed by atoms with van der Waals surface area (Å²) in [6.45, 7) is 0.416. The van der Waals surface area contributed by atoms with Crippen LogP contribution < -0.4 is 5.32 Å². The molecule has 0 bridgehead atoms. The van der Waals surface area contributed by atoms with Crippen LogP contribution >= 0.6 is 27.7 Å². The number of rotatable bonds is 4. The number of hydrogen-bond donors (Lipinski definition) is 1. The molecule has 106 valence electrons. The maximum absolute atomic E-state index is 12.1. The highest BCUT2D eigenvalue weighted by Crippen LogP contribution is 2.20. The summed E-state index contributed by atoms with van der Waals surface area (Å²) < 4.78 is 6.04. The molecule has 1 aromatic carbocycles. The first-order chi connectivity index (χ1) is 9.58. The van der Waals surface area contributed by atoms with E-state index in [0.717, 1.165) is 16.3 Å². The van der Waals surface area contributed by atoms with Crippen LogP contribution in [0.15, 0.2) is 50.4 Å². The molecule has 0 saturated heterocycles. The Bertz CT molecular complexity index is 600. The highest BCUT2D eigenvalue weighted by molar-refractivity contribution is 9.10. The number of nitrogens with one attached hydrogen (secondary N) is 1. The summed E-state index contributed by atoms with van der Waals surface area (Å²) >= 11 is 4.88. The van der Waals surface area contributed by atoms with E-state index < -0.39 is 0 Å². The van der Waals surface area contributed by atoms with Crippen LogP contribution in [0.3, 0.4) is 0 Å². The first-order valence-corrected chi connectivity index (χ1v) is 8.00. The van der Waals surface area contributed by atoms with Gasteiger partial charge in [0, 0.05) is 17.6 Å². The zero-order chi connectivity index (χ0) is 14.5. The highest BCUT2D eigenvalue weighted by atomic mass is 79.9. The third-order valence-electron chi connectivity index (χ3n) is 2.69. The third kappa shape index (κ3) is 4.05. The van der Waals surface area contributed by atoms with Crippen molar-refractivity contribution in [3.8, 4) is 0 Å². The topological polar surface area (TPSA) is 45.5 Å². The molecule has 1 heterocycles. The second kappa shape index (κ2) is 6.85. The number of benzene rings is 1. The lowest BCUT2D eigenvalue weighted by Crippen LogP contribution is -2.30. The number of thioether (sulfide) groups is 1. The first-order valence-electron chi connectivity index (χ1n) is 5.99. The minimum absolute atomic E-state index is 0.171. The normalized spacial score (nSPS) is 10.3. The molecule has 0 fully saturated rings. The summed E-state index contributed by atoms with van der Waals surface area (Å²) in [5, 5.41) is 2.86. The van der Waals surface area contributed by atoms with Crippen LogP contribution in [0, 0.1) is 0 Å². The summed E-state index contributed by atoms with van der Waals surface area (Å²) in [4.78, 5) is 14.8. The molecule has 2 aromatic rings. The van der Waals surface area contributed by atoms with E-state index in [1.165, 1.54) is 0 Å². The number of amides is 2. The van der Waals surface area contributed by atoms with Crippen LogP contribution in [0.1, 0.15) is 5.76 Å².